The van der Waals surface area contributed by atoms with Gasteiger partial charge in [0.15, 0.2) is 11.5 Å². The Balaban J connectivity index is 1.82. The van der Waals surface area contributed by atoms with E-state index in [2.05, 4.69) is 4.72 Å². The van der Waals surface area contributed by atoms with Crippen molar-refractivity contribution in [1.82, 2.24) is 9.29 Å². The number of pyridine rings is 1. The lowest BCUT2D eigenvalue weighted by molar-refractivity contribution is 0.171. The van der Waals surface area contributed by atoms with Crippen LogP contribution in [0.1, 0.15) is 5.56 Å². The molecule has 1 aromatic carbocycles. The van der Waals surface area contributed by atoms with E-state index < -0.39 is 10.0 Å². The second-order valence-corrected chi connectivity index (χ2v) is 6.85. The van der Waals surface area contributed by atoms with Crippen LogP contribution in [0.5, 0.6) is 11.5 Å². The molecule has 1 aromatic heterocycles. The summed E-state index contributed by atoms with van der Waals surface area (Å²) in [5.41, 5.74) is 0.133. The highest BCUT2D eigenvalue weighted by Gasteiger charge is 2.19. The van der Waals surface area contributed by atoms with Crippen molar-refractivity contribution < 1.29 is 17.9 Å². The van der Waals surface area contributed by atoms with E-state index in [9.17, 15) is 13.2 Å². The number of nitrogens with one attached hydrogen (secondary N) is 1. The highest BCUT2D eigenvalue weighted by atomic mass is 32.2. The molecule has 0 bridgehead atoms. The lowest BCUT2D eigenvalue weighted by Crippen LogP contribution is -2.29. The molecule has 0 saturated carbocycles. The Labute approximate surface area is 133 Å². The highest BCUT2D eigenvalue weighted by Crippen LogP contribution is 2.32. The molecule has 0 spiro atoms. The minimum Gasteiger partial charge on any atom is -0.486 e. The summed E-state index contributed by atoms with van der Waals surface area (Å²) in [6.07, 6.45) is 1.61. The Bertz CT molecular complexity index is 889. The first-order chi connectivity index (χ1) is 11.0. The number of nitrogens with zero attached hydrogens (tertiary/aromatic N) is 1. The maximum atomic E-state index is 12.4. The standard InChI is InChI=1S/C15H16N2O5S/c1-17-6-2-3-11(15(17)18)10-16-23(19,20)12-4-5-13-14(9-12)22-8-7-21-13/h2-6,9,16H,7-8,10H2,1H3. The Morgan fingerprint density at radius 1 is 1.17 bits per heavy atom. The van der Waals surface area contributed by atoms with Gasteiger partial charge in [0, 0.05) is 31.4 Å². The second-order valence-electron chi connectivity index (χ2n) is 5.08. The number of rotatable bonds is 4. The van der Waals surface area contributed by atoms with Gasteiger partial charge in [-0.1, -0.05) is 6.07 Å². The second kappa shape index (κ2) is 6.05. The predicted octanol–water partition coefficient (Wildman–Crippen LogP) is 0.635. The molecule has 2 heterocycles. The zero-order chi connectivity index (χ0) is 16.4. The Morgan fingerprint density at radius 2 is 1.91 bits per heavy atom. The van der Waals surface area contributed by atoms with E-state index in [4.69, 9.17) is 9.47 Å². The van der Waals surface area contributed by atoms with Crippen LogP contribution in [0.25, 0.3) is 0 Å². The summed E-state index contributed by atoms with van der Waals surface area (Å²) in [5.74, 6) is 0.918. The predicted molar refractivity (Wildman–Crippen MR) is 83.1 cm³/mol. The van der Waals surface area contributed by atoms with Crippen LogP contribution in [0.4, 0.5) is 0 Å². The third-order valence-corrected chi connectivity index (χ3v) is 4.88. The number of aryl methyl sites for hydroxylation is 1. The molecular weight excluding hydrogens is 320 g/mol. The van der Waals surface area contributed by atoms with E-state index in [1.807, 2.05) is 0 Å². The first-order valence-corrected chi connectivity index (χ1v) is 8.49. The molecule has 122 valence electrons. The molecule has 0 aliphatic carbocycles. The van der Waals surface area contributed by atoms with Crippen LogP contribution in [-0.4, -0.2) is 26.2 Å². The lowest BCUT2D eigenvalue weighted by atomic mass is 10.3. The number of hydrogen-bond acceptors (Lipinski definition) is 5. The Morgan fingerprint density at radius 3 is 2.70 bits per heavy atom. The number of hydrogen-bond donors (Lipinski definition) is 1. The van der Waals surface area contributed by atoms with Crippen molar-refractivity contribution >= 4 is 10.0 Å². The summed E-state index contributed by atoms with van der Waals surface area (Å²) < 4.78 is 39.3. The maximum Gasteiger partial charge on any atom is 0.254 e. The Hall–Kier alpha value is -2.32. The van der Waals surface area contributed by atoms with Crippen LogP contribution in [0.2, 0.25) is 0 Å². The summed E-state index contributed by atoms with van der Waals surface area (Å²) in [7, 11) is -2.14. The van der Waals surface area contributed by atoms with Crippen LogP contribution in [-0.2, 0) is 23.6 Å². The summed E-state index contributed by atoms with van der Waals surface area (Å²) in [6.45, 7) is 0.739. The number of fused-ring (bicyclic) bond motifs is 1. The SMILES string of the molecule is Cn1cccc(CNS(=O)(=O)c2ccc3c(c2)OCCO3)c1=O. The monoisotopic (exact) mass is 336 g/mol. The third kappa shape index (κ3) is 3.22. The largest absolute Gasteiger partial charge is 0.486 e. The molecular formula is C15H16N2O5S. The van der Waals surface area contributed by atoms with Crippen LogP contribution >= 0.6 is 0 Å². The zero-order valence-electron chi connectivity index (χ0n) is 12.5. The molecule has 1 aliphatic rings. The topological polar surface area (TPSA) is 86.6 Å². The quantitative estimate of drug-likeness (QED) is 0.885. The van der Waals surface area contributed by atoms with Crippen LogP contribution < -0.4 is 19.8 Å². The van der Waals surface area contributed by atoms with Gasteiger partial charge in [-0.3, -0.25) is 4.79 Å². The molecule has 0 radical (unpaired) electrons. The fourth-order valence-corrected chi connectivity index (χ4v) is 3.26. The fraction of sp³-hybridized carbons (Fsp3) is 0.267. The van der Waals surface area contributed by atoms with Crippen molar-refractivity contribution in [2.45, 2.75) is 11.4 Å². The normalized spacial score (nSPS) is 13.8. The van der Waals surface area contributed by atoms with Gasteiger partial charge in [0.1, 0.15) is 13.2 Å². The Kier molecular flexibility index (Phi) is 4.10. The van der Waals surface area contributed by atoms with Gasteiger partial charge in [0.05, 0.1) is 4.90 Å². The van der Waals surface area contributed by atoms with Gasteiger partial charge in [-0.2, -0.15) is 0 Å². The molecule has 1 N–H and O–H groups in total. The van der Waals surface area contributed by atoms with E-state index >= 15 is 0 Å². The van der Waals surface area contributed by atoms with Crippen LogP contribution in [0.3, 0.4) is 0 Å². The van der Waals surface area contributed by atoms with Crippen molar-refractivity contribution in [3.05, 3.63) is 52.4 Å². The smallest absolute Gasteiger partial charge is 0.254 e. The summed E-state index contributed by atoms with van der Waals surface area (Å²) >= 11 is 0. The minimum atomic E-state index is -3.76. The first kappa shape index (κ1) is 15.6. The summed E-state index contributed by atoms with van der Waals surface area (Å²) in [6, 6.07) is 7.70. The summed E-state index contributed by atoms with van der Waals surface area (Å²) in [5, 5.41) is 0. The van der Waals surface area contributed by atoms with Gasteiger partial charge in [-0.05, 0) is 18.2 Å². The molecule has 23 heavy (non-hydrogen) atoms. The summed E-state index contributed by atoms with van der Waals surface area (Å²) in [4.78, 5) is 12.0. The highest BCUT2D eigenvalue weighted by molar-refractivity contribution is 7.89. The molecule has 0 fully saturated rings. The number of ether oxygens (including phenoxy) is 2. The fourth-order valence-electron chi connectivity index (χ4n) is 2.24. The van der Waals surface area contributed by atoms with E-state index in [0.717, 1.165) is 0 Å². The minimum absolute atomic E-state index is 0.0644. The van der Waals surface area contributed by atoms with E-state index in [1.54, 1.807) is 31.4 Å². The molecule has 0 saturated heterocycles. The molecule has 1 aliphatic heterocycles. The van der Waals surface area contributed by atoms with E-state index in [0.29, 0.717) is 30.3 Å². The van der Waals surface area contributed by atoms with E-state index in [-0.39, 0.29) is 17.0 Å². The molecule has 8 heteroatoms. The van der Waals surface area contributed by atoms with Crippen molar-refractivity contribution in [2.75, 3.05) is 13.2 Å². The molecule has 3 rings (SSSR count). The molecule has 2 aromatic rings. The van der Waals surface area contributed by atoms with Gasteiger partial charge < -0.3 is 14.0 Å². The van der Waals surface area contributed by atoms with Crippen LogP contribution in [0.15, 0.2) is 46.2 Å². The number of benzene rings is 1. The number of sulfonamides is 1. The molecule has 0 amide bonds. The zero-order valence-corrected chi connectivity index (χ0v) is 13.3. The van der Waals surface area contributed by atoms with Crippen molar-refractivity contribution in [3.63, 3.8) is 0 Å². The van der Waals surface area contributed by atoms with Crippen molar-refractivity contribution in [2.24, 2.45) is 7.05 Å². The third-order valence-electron chi connectivity index (χ3n) is 3.48. The number of aromatic nitrogens is 1. The van der Waals surface area contributed by atoms with Gasteiger partial charge in [-0.25, -0.2) is 13.1 Å². The first-order valence-electron chi connectivity index (χ1n) is 7.01. The lowest BCUT2D eigenvalue weighted by Gasteiger charge is -2.18. The van der Waals surface area contributed by atoms with Crippen LogP contribution in [0, 0.1) is 0 Å². The average Bonchev–Trinajstić information content (AvgIpc) is 2.56. The van der Waals surface area contributed by atoms with E-state index in [1.165, 1.54) is 16.7 Å². The van der Waals surface area contributed by atoms with Gasteiger partial charge in [0.2, 0.25) is 10.0 Å². The van der Waals surface area contributed by atoms with Crippen molar-refractivity contribution in [3.8, 4) is 11.5 Å². The maximum absolute atomic E-state index is 12.4. The molecule has 7 nitrogen and oxygen atoms in total. The van der Waals surface area contributed by atoms with Gasteiger partial charge in [0.25, 0.3) is 5.56 Å². The van der Waals surface area contributed by atoms with Gasteiger partial charge in [-0.15, -0.1) is 0 Å². The molecule has 0 atom stereocenters. The average molecular weight is 336 g/mol. The van der Waals surface area contributed by atoms with Crippen molar-refractivity contribution in [1.29, 1.82) is 0 Å². The van der Waals surface area contributed by atoms with Gasteiger partial charge >= 0.3 is 0 Å². The molecule has 0 unspecified atom stereocenters.